The maximum atomic E-state index is 13.5. The van der Waals surface area contributed by atoms with E-state index in [1.165, 1.54) is 25.2 Å². The number of anilines is 1. The Morgan fingerprint density at radius 2 is 1.32 bits per heavy atom. The van der Waals surface area contributed by atoms with Crippen LogP contribution in [0.1, 0.15) is 0 Å². The second-order valence-corrected chi connectivity index (χ2v) is 7.83. The van der Waals surface area contributed by atoms with Gasteiger partial charge in [-0.2, -0.15) is 0 Å². The van der Waals surface area contributed by atoms with Gasteiger partial charge in [0.25, 0.3) is 10.0 Å². The fraction of sp³-hybridized carbons (Fsp3) is 0.0769. The van der Waals surface area contributed by atoms with Crippen molar-refractivity contribution < 1.29 is 21.2 Å². The van der Waals surface area contributed by atoms with Crippen LogP contribution in [0, 0.1) is 5.82 Å². The molecule has 0 unspecified atom stereocenters. The zero-order chi connectivity index (χ0) is 16.4. The first kappa shape index (κ1) is 16.4. The Balaban J connectivity index is 2.33. The van der Waals surface area contributed by atoms with Crippen molar-refractivity contribution in [2.24, 2.45) is 0 Å². The minimum absolute atomic E-state index is 0.0696. The van der Waals surface area contributed by atoms with Crippen molar-refractivity contribution in [2.75, 3.05) is 11.8 Å². The van der Waals surface area contributed by atoms with Crippen LogP contribution in [0.5, 0.6) is 0 Å². The number of para-hydroxylation sites is 1. The Labute approximate surface area is 128 Å². The maximum absolute atomic E-state index is 13.5. The molecule has 0 amide bonds. The Morgan fingerprint density at radius 3 is 1.82 bits per heavy atom. The average molecular weight is 344 g/mol. The van der Waals surface area contributed by atoms with Gasteiger partial charge in [-0.15, -0.1) is 0 Å². The lowest BCUT2D eigenvalue weighted by Crippen LogP contribution is -2.19. The monoisotopic (exact) mass is 344 g/mol. The quantitative estimate of drug-likeness (QED) is 0.860. The van der Waals surface area contributed by atoms with E-state index >= 15 is 0 Å². The van der Waals surface area contributed by atoms with Gasteiger partial charge in [-0.1, -0.05) is 12.1 Å². The highest BCUT2D eigenvalue weighted by Gasteiger charge is 2.18. The van der Waals surface area contributed by atoms with Crippen LogP contribution in [-0.4, -0.2) is 23.9 Å². The van der Waals surface area contributed by atoms with Gasteiger partial charge in [-0.3, -0.25) is 4.72 Å². The molecule has 0 aromatic heterocycles. The molecule has 6 nitrogen and oxygen atoms in total. The molecule has 0 saturated carbocycles. The topological polar surface area (TPSA) is 92.3 Å². The van der Waals surface area contributed by atoms with Gasteiger partial charge in [0, 0.05) is 0 Å². The van der Waals surface area contributed by atoms with Crippen LogP contribution in [0.4, 0.5) is 10.1 Å². The summed E-state index contributed by atoms with van der Waals surface area (Å²) in [5, 5.41) is 0. The van der Waals surface area contributed by atoms with Gasteiger partial charge in [0.2, 0.25) is 10.0 Å². The molecular formula is C13H13FN2O4S2. The van der Waals surface area contributed by atoms with Crippen molar-refractivity contribution >= 4 is 25.7 Å². The molecule has 0 aliphatic heterocycles. The number of sulfonamides is 2. The minimum Gasteiger partial charge on any atom is -0.277 e. The lowest BCUT2D eigenvalue weighted by molar-refractivity contribution is 0.587. The summed E-state index contributed by atoms with van der Waals surface area (Å²) < 4.78 is 65.1. The van der Waals surface area contributed by atoms with Crippen LogP contribution in [0.3, 0.4) is 0 Å². The highest BCUT2D eigenvalue weighted by molar-refractivity contribution is 7.92. The third-order valence-electron chi connectivity index (χ3n) is 2.83. The van der Waals surface area contributed by atoms with Gasteiger partial charge >= 0.3 is 0 Å². The molecular weight excluding hydrogens is 331 g/mol. The molecule has 118 valence electrons. The Hall–Kier alpha value is -1.97. The summed E-state index contributed by atoms with van der Waals surface area (Å²) in [5.74, 6) is -0.708. The first-order valence-electron chi connectivity index (χ1n) is 6.07. The third-order valence-corrected chi connectivity index (χ3v) is 5.64. The zero-order valence-electron chi connectivity index (χ0n) is 11.4. The smallest absolute Gasteiger partial charge is 0.261 e. The van der Waals surface area contributed by atoms with Gasteiger partial charge in [-0.05, 0) is 43.4 Å². The summed E-state index contributed by atoms with van der Waals surface area (Å²) in [6, 6.07) is 9.91. The predicted octanol–water partition coefficient (Wildman–Crippen LogP) is 1.53. The first-order chi connectivity index (χ1) is 10.3. The number of hydrogen-bond acceptors (Lipinski definition) is 4. The molecule has 0 saturated heterocycles. The number of hydrogen-bond donors (Lipinski definition) is 2. The van der Waals surface area contributed by atoms with Crippen molar-refractivity contribution in [1.29, 1.82) is 0 Å². The molecule has 0 fully saturated rings. The van der Waals surface area contributed by atoms with E-state index in [1.54, 1.807) is 0 Å². The first-order valence-corrected chi connectivity index (χ1v) is 9.04. The molecule has 0 bridgehead atoms. The molecule has 9 heteroatoms. The molecule has 0 aliphatic rings. The van der Waals surface area contributed by atoms with E-state index in [0.29, 0.717) is 0 Å². The van der Waals surface area contributed by atoms with Crippen LogP contribution in [-0.2, 0) is 20.0 Å². The van der Waals surface area contributed by atoms with Crippen LogP contribution in [0.25, 0.3) is 0 Å². The van der Waals surface area contributed by atoms with Crippen molar-refractivity contribution in [3.63, 3.8) is 0 Å². The fourth-order valence-corrected chi connectivity index (χ4v) is 3.46. The van der Waals surface area contributed by atoms with E-state index in [0.717, 1.165) is 30.3 Å². The Kier molecular flexibility index (Phi) is 4.50. The standard InChI is InChI=1S/C13H13FN2O4S2/c1-15-21(17,18)10-6-8-11(9-7-10)22(19,20)16-13-5-3-2-4-12(13)14/h2-9,15-16H,1H3. The van der Waals surface area contributed by atoms with Crippen LogP contribution in [0.2, 0.25) is 0 Å². The number of benzene rings is 2. The van der Waals surface area contributed by atoms with E-state index in [4.69, 9.17) is 0 Å². The average Bonchev–Trinajstić information content (AvgIpc) is 2.49. The van der Waals surface area contributed by atoms with Crippen LogP contribution < -0.4 is 9.44 Å². The van der Waals surface area contributed by atoms with E-state index < -0.39 is 25.9 Å². The van der Waals surface area contributed by atoms with Crippen LogP contribution in [0.15, 0.2) is 58.3 Å². The lowest BCUT2D eigenvalue weighted by Gasteiger charge is -2.09. The number of halogens is 1. The maximum Gasteiger partial charge on any atom is 0.261 e. The highest BCUT2D eigenvalue weighted by atomic mass is 32.2. The summed E-state index contributed by atoms with van der Waals surface area (Å²) in [6.45, 7) is 0. The largest absolute Gasteiger partial charge is 0.277 e. The fourth-order valence-electron chi connectivity index (χ4n) is 1.66. The summed E-state index contributed by atoms with van der Waals surface area (Å²) >= 11 is 0. The van der Waals surface area contributed by atoms with E-state index in [-0.39, 0.29) is 15.5 Å². The van der Waals surface area contributed by atoms with E-state index in [2.05, 4.69) is 9.44 Å². The normalized spacial score (nSPS) is 12.1. The number of nitrogens with one attached hydrogen (secondary N) is 2. The van der Waals surface area contributed by atoms with Gasteiger partial charge in [0.15, 0.2) is 0 Å². The molecule has 0 atom stereocenters. The second kappa shape index (κ2) is 6.03. The van der Waals surface area contributed by atoms with Crippen molar-refractivity contribution in [1.82, 2.24) is 4.72 Å². The molecule has 0 spiro atoms. The molecule has 2 rings (SSSR count). The minimum atomic E-state index is -4.01. The summed E-state index contributed by atoms with van der Waals surface area (Å²) in [6.07, 6.45) is 0. The van der Waals surface area contributed by atoms with E-state index in [1.807, 2.05) is 0 Å². The molecule has 0 heterocycles. The van der Waals surface area contributed by atoms with Crippen molar-refractivity contribution in [3.05, 3.63) is 54.3 Å². The summed E-state index contributed by atoms with van der Waals surface area (Å²) in [5.41, 5.74) is -0.186. The highest BCUT2D eigenvalue weighted by Crippen LogP contribution is 2.20. The van der Waals surface area contributed by atoms with Crippen molar-refractivity contribution in [3.8, 4) is 0 Å². The molecule has 2 N–H and O–H groups in total. The molecule has 22 heavy (non-hydrogen) atoms. The summed E-state index contributed by atoms with van der Waals surface area (Å²) in [7, 11) is -6.41. The predicted molar refractivity (Wildman–Crippen MR) is 79.9 cm³/mol. The number of rotatable bonds is 5. The lowest BCUT2D eigenvalue weighted by atomic mass is 10.3. The Morgan fingerprint density at radius 1 is 0.818 bits per heavy atom. The van der Waals surface area contributed by atoms with Crippen LogP contribution >= 0.6 is 0 Å². The molecule has 2 aromatic carbocycles. The second-order valence-electron chi connectivity index (χ2n) is 4.26. The Bertz CT molecular complexity index is 879. The van der Waals surface area contributed by atoms with Gasteiger partial charge in [-0.25, -0.2) is 25.9 Å². The molecule has 0 aliphatic carbocycles. The molecule has 0 radical (unpaired) electrons. The van der Waals surface area contributed by atoms with Gasteiger partial charge < -0.3 is 0 Å². The SMILES string of the molecule is CNS(=O)(=O)c1ccc(S(=O)(=O)Nc2ccccc2F)cc1. The van der Waals surface area contributed by atoms with Crippen molar-refractivity contribution in [2.45, 2.75) is 9.79 Å². The zero-order valence-corrected chi connectivity index (χ0v) is 13.1. The van der Waals surface area contributed by atoms with Gasteiger partial charge in [0.05, 0.1) is 15.5 Å². The molecule has 2 aromatic rings. The third kappa shape index (κ3) is 3.43. The van der Waals surface area contributed by atoms with E-state index in [9.17, 15) is 21.2 Å². The van der Waals surface area contributed by atoms with Gasteiger partial charge in [0.1, 0.15) is 5.82 Å². The summed E-state index contributed by atoms with van der Waals surface area (Å²) in [4.78, 5) is -0.245.